The molecule has 0 aliphatic rings. The van der Waals surface area contributed by atoms with E-state index in [2.05, 4.69) is 5.32 Å². The molecule has 1 N–H and O–H groups in total. The molecule has 3 aromatic rings. The zero-order chi connectivity index (χ0) is 24.3. The van der Waals surface area contributed by atoms with Crippen molar-refractivity contribution in [2.75, 3.05) is 13.7 Å². The van der Waals surface area contributed by atoms with E-state index in [0.29, 0.717) is 18.0 Å². The van der Waals surface area contributed by atoms with E-state index >= 15 is 0 Å². The highest BCUT2D eigenvalue weighted by Gasteiger charge is 2.30. The van der Waals surface area contributed by atoms with Gasteiger partial charge in [0.1, 0.15) is 11.8 Å². The molecule has 0 radical (unpaired) electrons. The second-order valence-electron chi connectivity index (χ2n) is 8.13. The number of carbonyl (C=O) groups is 2. The lowest BCUT2D eigenvalue weighted by molar-refractivity contribution is -0.140. The van der Waals surface area contributed by atoms with Gasteiger partial charge in [0, 0.05) is 24.5 Å². The third kappa shape index (κ3) is 7.09. The summed E-state index contributed by atoms with van der Waals surface area (Å²) in [6.07, 6.45) is 1.39. The highest BCUT2D eigenvalue weighted by Crippen LogP contribution is 2.22. The summed E-state index contributed by atoms with van der Waals surface area (Å²) in [5, 5.41) is 3.55. The molecule has 0 unspecified atom stereocenters. The van der Waals surface area contributed by atoms with Crippen LogP contribution in [0.2, 0.25) is 5.02 Å². The van der Waals surface area contributed by atoms with E-state index in [-0.39, 0.29) is 24.8 Å². The molecule has 178 valence electrons. The SMILES string of the molecule is CCCNC(=O)[C@@H](Cc1ccccc1)N(Cc1ccccc1Cl)C(=O)Cc1ccc(OC)cc1. The number of ether oxygens (including phenoxy) is 1. The van der Waals surface area contributed by atoms with Crippen molar-refractivity contribution in [2.24, 2.45) is 0 Å². The molecular weight excluding hydrogens is 448 g/mol. The van der Waals surface area contributed by atoms with Gasteiger partial charge in [0.2, 0.25) is 11.8 Å². The largest absolute Gasteiger partial charge is 0.497 e. The van der Waals surface area contributed by atoms with Crippen molar-refractivity contribution < 1.29 is 14.3 Å². The van der Waals surface area contributed by atoms with Gasteiger partial charge in [-0.15, -0.1) is 0 Å². The quantitative estimate of drug-likeness (QED) is 0.419. The first-order valence-electron chi connectivity index (χ1n) is 11.5. The van der Waals surface area contributed by atoms with Crippen molar-refractivity contribution in [3.8, 4) is 5.75 Å². The molecule has 0 fully saturated rings. The van der Waals surface area contributed by atoms with Crippen molar-refractivity contribution in [2.45, 2.75) is 38.8 Å². The lowest BCUT2D eigenvalue weighted by Crippen LogP contribution is -2.51. The number of rotatable bonds is 11. The third-order valence-electron chi connectivity index (χ3n) is 5.63. The minimum absolute atomic E-state index is 0.141. The molecule has 0 saturated heterocycles. The standard InChI is InChI=1S/C28H31ClN2O3/c1-3-17-30-28(33)26(18-21-9-5-4-6-10-21)31(20-23-11-7-8-12-25(23)29)27(32)19-22-13-15-24(34-2)16-14-22/h4-16,26H,3,17-20H2,1-2H3,(H,30,33)/t26-/m1/s1. The van der Waals surface area contributed by atoms with Crippen molar-refractivity contribution in [3.05, 3.63) is 101 Å². The smallest absolute Gasteiger partial charge is 0.243 e. The van der Waals surface area contributed by atoms with E-state index in [1.54, 1.807) is 18.1 Å². The predicted molar refractivity (Wildman–Crippen MR) is 136 cm³/mol. The van der Waals surface area contributed by atoms with Crippen LogP contribution < -0.4 is 10.1 Å². The average molecular weight is 479 g/mol. The van der Waals surface area contributed by atoms with Crippen molar-refractivity contribution in [3.63, 3.8) is 0 Å². The summed E-state index contributed by atoms with van der Waals surface area (Å²) >= 11 is 6.44. The highest BCUT2D eigenvalue weighted by atomic mass is 35.5. The summed E-state index contributed by atoms with van der Waals surface area (Å²) in [5.41, 5.74) is 2.64. The third-order valence-corrected chi connectivity index (χ3v) is 6.00. The molecule has 0 heterocycles. The fourth-order valence-electron chi connectivity index (χ4n) is 3.75. The maximum absolute atomic E-state index is 13.7. The number of halogens is 1. The fraction of sp³-hybridized carbons (Fsp3) is 0.286. The normalized spacial score (nSPS) is 11.5. The Morgan fingerprint density at radius 2 is 1.62 bits per heavy atom. The number of nitrogens with one attached hydrogen (secondary N) is 1. The molecule has 3 aromatic carbocycles. The number of benzene rings is 3. The molecule has 0 aliphatic heterocycles. The van der Waals surface area contributed by atoms with Crippen molar-refractivity contribution >= 4 is 23.4 Å². The first-order chi connectivity index (χ1) is 16.5. The van der Waals surface area contributed by atoms with Crippen LogP contribution in [-0.4, -0.2) is 36.4 Å². The summed E-state index contributed by atoms with van der Waals surface area (Å²) in [6, 6.07) is 23.9. The van der Waals surface area contributed by atoms with Crippen LogP contribution in [0.5, 0.6) is 5.75 Å². The van der Waals surface area contributed by atoms with Crippen LogP contribution in [-0.2, 0) is 29.0 Å². The maximum Gasteiger partial charge on any atom is 0.243 e. The van der Waals surface area contributed by atoms with Crippen LogP contribution in [0.3, 0.4) is 0 Å². The van der Waals surface area contributed by atoms with Crippen LogP contribution in [0.15, 0.2) is 78.9 Å². The molecule has 0 aliphatic carbocycles. The van der Waals surface area contributed by atoms with Gasteiger partial charge >= 0.3 is 0 Å². The molecule has 6 heteroatoms. The molecule has 5 nitrogen and oxygen atoms in total. The Morgan fingerprint density at radius 3 is 2.26 bits per heavy atom. The molecule has 1 atom stereocenters. The van der Waals surface area contributed by atoms with Gasteiger partial charge in [-0.3, -0.25) is 9.59 Å². The van der Waals surface area contributed by atoms with Gasteiger partial charge in [0.25, 0.3) is 0 Å². The molecular formula is C28H31ClN2O3. The second-order valence-corrected chi connectivity index (χ2v) is 8.54. The number of methoxy groups -OCH3 is 1. The van der Waals surface area contributed by atoms with Gasteiger partial charge in [-0.05, 0) is 41.3 Å². The van der Waals surface area contributed by atoms with E-state index in [1.807, 2.05) is 79.7 Å². The van der Waals surface area contributed by atoms with Gasteiger partial charge in [0.15, 0.2) is 0 Å². The van der Waals surface area contributed by atoms with Gasteiger partial charge in [-0.1, -0.05) is 79.2 Å². The average Bonchev–Trinajstić information content (AvgIpc) is 2.86. The Kier molecular flexibility index (Phi) is 9.53. The molecule has 34 heavy (non-hydrogen) atoms. The predicted octanol–water partition coefficient (Wildman–Crippen LogP) is 5.06. The zero-order valence-corrected chi connectivity index (χ0v) is 20.4. The minimum atomic E-state index is -0.670. The summed E-state index contributed by atoms with van der Waals surface area (Å²) in [7, 11) is 1.61. The van der Waals surface area contributed by atoms with E-state index < -0.39 is 6.04 Å². The van der Waals surface area contributed by atoms with Gasteiger partial charge in [0.05, 0.1) is 13.5 Å². The van der Waals surface area contributed by atoms with Crippen LogP contribution in [0.1, 0.15) is 30.0 Å². The molecule has 0 saturated carbocycles. The van der Waals surface area contributed by atoms with E-state index in [0.717, 1.165) is 28.9 Å². The summed E-state index contributed by atoms with van der Waals surface area (Å²) in [6.45, 7) is 2.80. The first-order valence-corrected chi connectivity index (χ1v) is 11.9. The lowest BCUT2D eigenvalue weighted by Gasteiger charge is -2.32. The van der Waals surface area contributed by atoms with Gasteiger partial charge in [-0.25, -0.2) is 0 Å². The number of amides is 2. The van der Waals surface area contributed by atoms with Crippen LogP contribution in [0, 0.1) is 0 Å². The summed E-state index contributed by atoms with van der Waals surface area (Å²) in [5.74, 6) is 0.420. The Labute approximate surface area is 206 Å². The monoisotopic (exact) mass is 478 g/mol. The van der Waals surface area contributed by atoms with Crippen LogP contribution in [0.25, 0.3) is 0 Å². The maximum atomic E-state index is 13.7. The van der Waals surface area contributed by atoms with Gasteiger partial charge < -0.3 is 15.0 Å². The zero-order valence-electron chi connectivity index (χ0n) is 19.7. The van der Waals surface area contributed by atoms with E-state index in [1.165, 1.54) is 0 Å². The Balaban J connectivity index is 1.94. The number of hydrogen-bond donors (Lipinski definition) is 1. The molecule has 0 spiro atoms. The van der Waals surface area contributed by atoms with E-state index in [9.17, 15) is 9.59 Å². The number of nitrogens with zero attached hydrogens (tertiary/aromatic N) is 1. The minimum Gasteiger partial charge on any atom is -0.497 e. The molecule has 0 aromatic heterocycles. The topological polar surface area (TPSA) is 58.6 Å². The summed E-state index contributed by atoms with van der Waals surface area (Å²) in [4.78, 5) is 28.6. The van der Waals surface area contributed by atoms with Crippen molar-refractivity contribution in [1.82, 2.24) is 10.2 Å². The number of carbonyl (C=O) groups excluding carboxylic acids is 2. The Morgan fingerprint density at radius 1 is 0.941 bits per heavy atom. The Bertz CT molecular complexity index is 1070. The lowest BCUT2D eigenvalue weighted by atomic mass is 10.0. The highest BCUT2D eigenvalue weighted by molar-refractivity contribution is 6.31. The van der Waals surface area contributed by atoms with Crippen LogP contribution in [0.4, 0.5) is 0 Å². The van der Waals surface area contributed by atoms with Crippen LogP contribution >= 0.6 is 11.6 Å². The Hall–Kier alpha value is -3.31. The molecule has 3 rings (SSSR count). The van der Waals surface area contributed by atoms with Crippen molar-refractivity contribution in [1.29, 1.82) is 0 Å². The molecule has 0 bridgehead atoms. The fourth-order valence-corrected chi connectivity index (χ4v) is 3.95. The molecule has 2 amide bonds. The van der Waals surface area contributed by atoms with Gasteiger partial charge in [-0.2, -0.15) is 0 Å². The second kappa shape index (κ2) is 12.8. The van der Waals surface area contributed by atoms with E-state index in [4.69, 9.17) is 16.3 Å². The summed E-state index contributed by atoms with van der Waals surface area (Å²) < 4.78 is 5.22. The number of hydrogen-bond acceptors (Lipinski definition) is 3. The first kappa shape index (κ1) is 25.3.